The highest BCUT2D eigenvalue weighted by Crippen LogP contribution is 2.30. The molecule has 2 N–H and O–H groups in total. The summed E-state index contributed by atoms with van der Waals surface area (Å²) in [5, 5.41) is 12.3. The Bertz CT molecular complexity index is 753. The van der Waals surface area contributed by atoms with Crippen molar-refractivity contribution in [2.45, 2.75) is 13.0 Å². The van der Waals surface area contributed by atoms with E-state index in [9.17, 15) is 9.90 Å². The molecule has 0 bridgehead atoms. The highest BCUT2D eigenvalue weighted by Gasteiger charge is 2.15. The Labute approximate surface area is 107 Å². The summed E-state index contributed by atoms with van der Waals surface area (Å²) >= 11 is 1.51. The van der Waals surface area contributed by atoms with Gasteiger partial charge in [0, 0.05) is 4.88 Å². The van der Waals surface area contributed by atoms with Crippen LogP contribution in [0.25, 0.3) is 11.1 Å². The number of benzene rings is 1. The number of thiophene rings is 1. The molecule has 3 rings (SSSR count). The summed E-state index contributed by atoms with van der Waals surface area (Å²) in [6.45, 7) is 1.96. The molecule has 0 saturated carbocycles. The van der Waals surface area contributed by atoms with Crippen LogP contribution in [0.1, 0.15) is 22.1 Å². The Morgan fingerprint density at radius 1 is 1.39 bits per heavy atom. The van der Waals surface area contributed by atoms with Crippen molar-refractivity contribution in [3.8, 4) is 0 Å². The number of aromatic amines is 1. The van der Waals surface area contributed by atoms with Crippen molar-refractivity contribution in [2.24, 2.45) is 0 Å². The van der Waals surface area contributed by atoms with Gasteiger partial charge in [0.25, 0.3) is 0 Å². The number of oxazole rings is 1. The number of aliphatic hydroxyl groups is 1. The van der Waals surface area contributed by atoms with Gasteiger partial charge in [-0.15, -0.1) is 11.3 Å². The molecule has 92 valence electrons. The molecule has 2 aromatic heterocycles. The van der Waals surface area contributed by atoms with E-state index < -0.39 is 11.9 Å². The minimum absolute atomic E-state index is 0.464. The van der Waals surface area contributed by atoms with Crippen molar-refractivity contribution >= 4 is 22.4 Å². The van der Waals surface area contributed by atoms with E-state index in [0.29, 0.717) is 11.1 Å². The summed E-state index contributed by atoms with van der Waals surface area (Å²) in [7, 11) is 0. The highest BCUT2D eigenvalue weighted by atomic mass is 32.1. The van der Waals surface area contributed by atoms with Gasteiger partial charge in [-0.1, -0.05) is 6.07 Å². The summed E-state index contributed by atoms with van der Waals surface area (Å²) in [5.74, 6) is -0.482. The molecule has 1 unspecified atom stereocenters. The van der Waals surface area contributed by atoms with Crippen molar-refractivity contribution in [3.63, 3.8) is 0 Å². The van der Waals surface area contributed by atoms with Gasteiger partial charge >= 0.3 is 5.76 Å². The number of fused-ring (bicyclic) bond motifs is 1. The Morgan fingerprint density at radius 3 is 2.94 bits per heavy atom. The summed E-state index contributed by atoms with van der Waals surface area (Å²) in [4.78, 5) is 14.5. The summed E-state index contributed by atoms with van der Waals surface area (Å²) < 4.78 is 4.99. The van der Waals surface area contributed by atoms with E-state index in [4.69, 9.17) is 4.42 Å². The monoisotopic (exact) mass is 261 g/mol. The van der Waals surface area contributed by atoms with Crippen molar-refractivity contribution in [2.75, 3.05) is 0 Å². The molecule has 1 aromatic carbocycles. The number of aromatic nitrogens is 1. The molecule has 0 aliphatic carbocycles. The minimum Gasteiger partial charge on any atom is -0.408 e. The van der Waals surface area contributed by atoms with E-state index in [1.165, 1.54) is 11.3 Å². The molecule has 0 fully saturated rings. The Kier molecular flexibility index (Phi) is 2.57. The van der Waals surface area contributed by atoms with Crippen molar-refractivity contribution in [1.29, 1.82) is 0 Å². The largest absolute Gasteiger partial charge is 0.417 e. The van der Waals surface area contributed by atoms with Gasteiger partial charge < -0.3 is 9.52 Å². The topological polar surface area (TPSA) is 66.2 Å². The molecule has 2 heterocycles. The maximum absolute atomic E-state index is 11.1. The Balaban J connectivity index is 2.09. The number of H-pyrrole nitrogens is 1. The lowest BCUT2D eigenvalue weighted by molar-refractivity contribution is 0.223. The number of rotatable bonds is 2. The van der Waals surface area contributed by atoms with Crippen LogP contribution in [-0.4, -0.2) is 10.1 Å². The van der Waals surface area contributed by atoms with Gasteiger partial charge in [-0.25, -0.2) is 4.79 Å². The standard InChI is InChI=1S/C13H11NO3S/c1-7-4-5-18-12(7)11(15)8-2-3-9-10(6-8)17-13(16)14-9/h2-6,11,15H,1H3,(H,14,16). The van der Waals surface area contributed by atoms with Crippen LogP contribution < -0.4 is 5.76 Å². The first-order valence-corrected chi connectivity index (χ1v) is 6.38. The van der Waals surface area contributed by atoms with Gasteiger partial charge in [0.15, 0.2) is 5.58 Å². The normalized spacial score (nSPS) is 13.0. The molecule has 0 aliphatic heterocycles. The lowest BCUT2D eigenvalue weighted by Crippen LogP contribution is -1.98. The SMILES string of the molecule is Cc1ccsc1C(O)c1ccc2[nH]c(=O)oc2c1. The lowest BCUT2D eigenvalue weighted by atomic mass is 10.1. The van der Waals surface area contributed by atoms with E-state index in [-0.39, 0.29) is 0 Å². The van der Waals surface area contributed by atoms with Crippen LogP contribution in [0.15, 0.2) is 38.9 Å². The van der Waals surface area contributed by atoms with Gasteiger partial charge in [0.2, 0.25) is 0 Å². The molecule has 1 atom stereocenters. The first-order valence-electron chi connectivity index (χ1n) is 5.50. The van der Waals surface area contributed by atoms with Crippen molar-refractivity contribution in [1.82, 2.24) is 4.98 Å². The van der Waals surface area contributed by atoms with Crippen LogP contribution in [0.4, 0.5) is 0 Å². The second kappa shape index (κ2) is 4.12. The fourth-order valence-corrected chi connectivity index (χ4v) is 2.89. The molecular formula is C13H11NO3S. The number of hydrogen-bond acceptors (Lipinski definition) is 4. The van der Waals surface area contributed by atoms with E-state index in [1.807, 2.05) is 18.4 Å². The third-order valence-electron chi connectivity index (χ3n) is 2.91. The molecule has 18 heavy (non-hydrogen) atoms. The predicted octanol–water partition coefficient (Wildman–Crippen LogP) is 2.57. The molecule has 0 amide bonds. The average Bonchev–Trinajstić information content (AvgIpc) is 2.91. The summed E-state index contributed by atoms with van der Waals surface area (Å²) in [5.41, 5.74) is 2.88. The third kappa shape index (κ3) is 1.77. The maximum Gasteiger partial charge on any atom is 0.417 e. The minimum atomic E-state index is -0.686. The van der Waals surface area contributed by atoms with Gasteiger partial charge in [-0.3, -0.25) is 4.98 Å². The zero-order chi connectivity index (χ0) is 12.7. The third-order valence-corrected chi connectivity index (χ3v) is 3.98. The van der Waals surface area contributed by atoms with E-state index in [0.717, 1.165) is 16.0 Å². The molecule has 3 aromatic rings. The summed E-state index contributed by atoms with van der Waals surface area (Å²) in [6, 6.07) is 7.19. The quantitative estimate of drug-likeness (QED) is 0.745. The second-order valence-corrected chi connectivity index (χ2v) is 5.09. The van der Waals surface area contributed by atoms with Crippen LogP contribution in [0, 0.1) is 6.92 Å². The van der Waals surface area contributed by atoms with E-state index in [2.05, 4.69) is 4.98 Å². The molecule has 0 radical (unpaired) electrons. The van der Waals surface area contributed by atoms with Crippen molar-refractivity contribution < 1.29 is 9.52 Å². The average molecular weight is 261 g/mol. The van der Waals surface area contributed by atoms with Gasteiger partial charge in [0.05, 0.1) is 5.52 Å². The molecule has 0 spiro atoms. The van der Waals surface area contributed by atoms with Crippen molar-refractivity contribution in [3.05, 3.63) is 56.2 Å². The number of nitrogens with one attached hydrogen (secondary N) is 1. The van der Waals surface area contributed by atoms with Gasteiger partial charge in [-0.2, -0.15) is 0 Å². The lowest BCUT2D eigenvalue weighted by Gasteiger charge is -2.10. The molecular weight excluding hydrogens is 250 g/mol. The zero-order valence-corrected chi connectivity index (χ0v) is 10.5. The first-order chi connectivity index (χ1) is 8.65. The van der Waals surface area contributed by atoms with Crippen LogP contribution in [-0.2, 0) is 0 Å². The fraction of sp³-hybridized carbons (Fsp3) is 0.154. The molecule has 0 aliphatic rings. The number of aliphatic hydroxyl groups excluding tert-OH is 1. The van der Waals surface area contributed by atoms with Gasteiger partial charge in [0.1, 0.15) is 6.10 Å². The molecule has 4 nitrogen and oxygen atoms in total. The van der Waals surface area contributed by atoms with E-state index in [1.54, 1.807) is 18.2 Å². The van der Waals surface area contributed by atoms with Crippen LogP contribution in [0.5, 0.6) is 0 Å². The van der Waals surface area contributed by atoms with E-state index >= 15 is 0 Å². The van der Waals surface area contributed by atoms with Crippen LogP contribution >= 0.6 is 11.3 Å². The smallest absolute Gasteiger partial charge is 0.408 e. The zero-order valence-electron chi connectivity index (χ0n) is 9.64. The van der Waals surface area contributed by atoms with Crippen LogP contribution in [0.2, 0.25) is 0 Å². The predicted molar refractivity (Wildman–Crippen MR) is 70.0 cm³/mol. The fourth-order valence-electron chi connectivity index (χ4n) is 1.95. The molecule has 0 saturated heterocycles. The van der Waals surface area contributed by atoms with Crippen LogP contribution in [0.3, 0.4) is 0 Å². The Hall–Kier alpha value is -1.85. The summed E-state index contributed by atoms with van der Waals surface area (Å²) in [6.07, 6.45) is -0.686. The highest BCUT2D eigenvalue weighted by molar-refractivity contribution is 7.10. The first kappa shape index (κ1) is 11.3. The Morgan fingerprint density at radius 2 is 2.22 bits per heavy atom. The second-order valence-electron chi connectivity index (χ2n) is 4.14. The maximum atomic E-state index is 11.1. The van der Waals surface area contributed by atoms with Gasteiger partial charge in [-0.05, 0) is 41.6 Å². The number of hydrogen-bond donors (Lipinski definition) is 2. The number of aryl methyl sites for hydroxylation is 1. The molecule has 5 heteroatoms.